The van der Waals surface area contributed by atoms with Gasteiger partial charge in [0.05, 0.1) is 26.4 Å². The highest BCUT2D eigenvalue weighted by molar-refractivity contribution is 7.47. The van der Waals surface area contributed by atoms with Crippen molar-refractivity contribution >= 4 is 39.5 Å². The zero-order chi connectivity index (χ0) is 66.6. The van der Waals surface area contributed by atoms with Gasteiger partial charge in [-0.25, -0.2) is 9.13 Å². The Morgan fingerprint density at radius 1 is 0.322 bits per heavy atom. The van der Waals surface area contributed by atoms with Crippen LogP contribution in [0.5, 0.6) is 0 Å². The molecule has 0 aliphatic rings. The van der Waals surface area contributed by atoms with E-state index in [9.17, 15) is 43.2 Å². The molecule has 0 spiro atoms. The van der Waals surface area contributed by atoms with Gasteiger partial charge in [0.1, 0.15) is 19.3 Å². The van der Waals surface area contributed by atoms with Crippen LogP contribution < -0.4 is 0 Å². The number of aliphatic hydroxyl groups is 1. The van der Waals surface area contributed by atoms with Crippen molar-refractivity contribution in [1.29, 1.82) is 0 Å². The van der Waals surface area contributed by atoms with Crippen molar-refractivity contribution in [3.63, 3.8) is 0 Å². The van der Waals surface area contributed by atoms with Crippen LogP contribution in [0.1, 0.15) is 357 Å². The second kappa shape index (κ2) is 61.9. The van der Waals surface area contributed by atoms with Crippen molar-refractivity contribution in [1.82, 2.24) is 0 Å². The van der Waals surface area contributed by atoms with Crippen LogP contribution in [0.15, 0.2) is 0 Å². The Hall–Kier alpha value is -1.94. The van der Waals surface area contributed by atoms with Gasteiger partial charge in [-0.1, -0.05) is 305 Å². The number of aliphatic hydroxyl groups excluding tert-OH is 1. The first kappa shape index (κ1) is 88.1. The average molecular weight is 1330 g/mol. The molecule has 0 rings (SSSR count). The fourth-order valence-electron chi connectivity index (χ4n) is 10.7. The van der Waals surface area contributed by atoms with Crippen LogP contribution in [0.2, 0.25) is 0 Å². The molecule has 90 heavy (non-hydrogen) atoms. The Labute approximate surface area is 549 Å². The van der Waals surface area contributed by atoms with E-state index in [4.69, 9.17) is 37.0 Å². The van der Waals surface area contributed by atoms with Crippen LogP contribution in [-0.2, 0) is 65.4 Å². The summed E-state index contributed by atoms with van der Waals surface area (Å²) in [4.78, 5) is 72.3. The van der Waals surface area contributed by atoms with Crippen LogP contribution in [0.4, 0.5) is 0 Å². The third-order valence-electron chi connectivity index (χ3n) is 16.7. The van der Waals surface area contributed by atoms with Gasteiger partial charge in [-0.05, 0) is 43.4 Å². The second-order valence-corrected chi connectivity index (χ2v) is 29.7. The van der Waals surface area contributed by atoms with Gasteiger partial charge in [-0.15, -0.1) is 0 Å². The molecule has 6 atom stereocenters. The monoisotopic (exact) mass is 1320 g/mol. The highest BCUT2D eigenvalue weighted by atomic mass is 31.2. The number of ether oxygens (including phenoxy) is 4. The van der Waals surface area contributed by atoms with E-state index in [1.807, 2.05) is 0 Å². The lowest BCUT2D eigenvalue weighted by molar-refractivity contribution is -0.161. The van der Waals surface area contributed by atoms with E-state index >= 15 is 0 Å². The molecule has 0 heterocycles. The molecule has 0 saturated carbocycles. The first-order chi connectivity index (χ1) is 43.3. The van der Waals surface area contributed by atoms with Gasteiger partial charge >= 0.3 is 39.5 Å². The molecule has 0 aromatic rings. The van der Waals surface area contributed by atoms with Crippen LogP contribution >= 0.6 is 15.6 Å². The Morgan fingerprint density at radius 3 is 0.844 bits per heavy atom. The van der Waals surface area contributed by atoms with Gasteiger partial charge in [-0.3, -0.25) is 37.3 Å². The first-order valence-corrected chi connectivity index (χ1v) is 39.9. The van der Waals surface area contributed by atoms with E-state index in [1.54, 1.807) is 0 Å². The molecule has 0 bridgehead atoms. The quantitative estimate of drug-likeness (QED) is 0.0222. The highest BCUT2D eigenvalue weighted by Crippen LogP contribution is 2.45. The molecule has 534 valence electrons. The molecule has 19 heteroatoms. The summed E-state index contributed by atoms with van der Waals surface area (Å²) in [5, 5.41) is 10.6. The number of phosphoric ester groups is 2. The van der Waals surface area contributed by atoms with Crippen LogP contribution in [0.25, 0.3) is 0 Å². The van der Waals surface area contributed by atoms with E-state index in [0.29, 0.717) is 31.6 Å². The van der Waals surface area contributed by atoms with Crippen LogP contribution in [0, 0.1) is 17.8 Å². The van der Waals surface area contributed by atoms with Gasteiger partial charge in [0.2, 0.25) is 0 Å². The molecule has 3 N–H and O–H groups in total. The topological polar surface area (TPSA) is 237 Å². The predicted molar refractivity (Wildman–Crippen MR) is 363 cm³/mol. The molecule has 0 radical (unpaired) electrons. The molecule has 3 unspecified atom stereocenters. The standard InChI is InChI=1S/C71H138O17P2/c1-8-10-11-12-28-38-45-52-68(73)81-58-67(88-71(76)55-48-41-34-33-36-43-50-63(5)6)61-86-90(79,80)84-57-65(72)56-83-89(77,78)85-60-66(59-82-69(74)53-46-39-31-27-23-24-29-35-42-49-62(3)4)87-70(75)54-47-40-32-26-22-20-18-16-14-13-15-17-19-21-25-30-37-44-51-64(7)9-2/h62-67,72H,8-61H2,1-7H3,(H,77,78)(H,79,80)/t64?,65-,66-,67-/m1/s1. The lowest BCUT2D eigenvalue weighted by atomic mass is 9.99. The molecule has 0 fully saturated rings. The Kier molecular flexibility index (Phi) is 60.6. The number of hydrogen-bond acceptors (Lipinski definition) is 15. The lowest BCUT2D eigenvalue weighted by Gasteiger charge is -2.21. The highest BCUT2D eigenvalue weighted by Gasteiger charge is 2.30. The second-order valence-electron chi connectivity index (χ2n) is 26.8. The predicted octanol–water partition coefficient (Wildman–Crippen LogP) is 20.2. The number of carbonyl (C=O) groups excluding carboxylic acids is 4. The number of phosphoric acid groups is 2. The third-order valence-corrected chi connectivity index (χ3v) is 18.6. The minimum absolute atomic E-state index is 0.102. The Morgan fingerprint density at radius 2 is 0.567 bits per heavy atom. The Balaban J connectivity index is 5.12. The molecule has 0 aliphatic heterocycles. The molecule has 17 nitrogen and oxygen atoms in total. The van der Waals surface area contributed by atoms with Crippen molar-refractivity contribution in [2.24, 2.45) is 17.8 Å². The minimum Gasteiger partial charge on any atom is -0.462 e. The molecule has 0 saturated heterocycles. The fraction of sp³-hybridized carbons (Fsp3) is 0.944. The summed E-state index contributed by atoms with van der Waals surface area (Å²) >= 11 is 0. The molecular formula is C71H138O17P2. The summed E-state index contributed by atoms with van der Waals surface area (Å²) in [7, 11) is -9.89. The van der Waals surface area contributed by atoms with Crippen LogP contribution in [0.3, 0.4) is 0 Å². The summed E-state index contributed by atoms with van der Waals surface area (Å²) in [5.41, 5.74) is 0. The molecule has 0 aliphatic carbocycles. The zero-order valence-electron chi connectivity index (χ0n) is 58.6. The molecule has 0 aromatic heterocycles. The zero-order valence-corrected chi connectivity index (χ0v) is 60.4. The maximum Gasteiger partial charge on any atom is 0.472 e. The summed E-state index contributed by atoms with van der Waals surface area (Å²) in [6, 6.07) is 0. The van der Waals surface area contributed by atoms with E-state index < -0.39 is 97.5 Å². The van der Waals surface area contributed by atoms with Gasteiger partial charge in [0, 0.05) is 25.7 Å². The number of hydrogen-bond donors (Lipinski definition) is 3. The largest absolute Gasteiger partial charge is 0.472 e. The van der Waals surface area contributed by atoms with Gasteiger partial charge < -0.3 is 33.8 Å². The minimum atomic E-state index is -4.95. The maximum atomic E-state index is 13.0. The summed E-state index contributed by atoms with van der Waals surface area (Å²) in [6.07, 6.45) is 46.3. The molecule has 0 amide bonds. The lowest BCUT2D eigenvalue weighted by Crippen LogP contribution is -2.30. The molecule has 0 aromatic carbocycles. The van der Waals surface area contributed by atoms with E-state index in [0.717, 1.165) is 115 Å². The first-order valence-electron chi connectivity index (χ1n) is 36.9. The number of unbranched alkanes of at least 4 members (excludes halogenated alkanes) is 36. The summed E-state index contributed by atoms with van der Waals surface area (Å²) in [6.45, 7) is 11.8. The van der Waals surface area contributed by atoms with Gasteiger partial charge in [0.25, 0.3) is 0 Å². The Bertz CT molecular complexity index is 1770. The maximum absolute atomic E-state index is 13.0. The average Bonchev–Trinajstić information content (AvgIpc) is 3.71. The van der Waals surface area contributed by atoms with Crippen molar-refractivity contribution in [2.75, 3.05) is 39.6 Å². The SMILES string of the molecule is CCCCCCCCCC(=O)OC[C@H](COP(=O)(O)OC[C@H](O)COP(=O)(O)OC[C@@H](COC(=O)CCCCCCCCCCCC(C)C)OC(=O)CCCCCCCCCCCCCCCCCCCCC(C)CC)OC(=O)CCCCCCCCC(C)C. The van der Waals surface area contributed by atoms with Gasteiger partial charge in [-0.2, -0.15) is 0 Å². The summed E-state index contributed by atoms with van der Waals surface area (Å²) in [5.74, 6) is 0.149. The number of carbonyl (C=O) groups is 4. The smallest absolute Gasteiger partial charge is 0.462 e. The van der Waals surface area contributed by atoms with Crippen molar-refractivity contribution in [2.45, 2.75) is 375 Å². The van der Waals surface area contributed by atoms with E-state index in [1.165, 1.54) is 154 Å². The molecular weight excluding hydrogens is 1190 g/mol. The van der Waals surface area contributed by atoms with Crippen molar-refractivity contribution in [3.05, 3.63) is 0 Å². The normalized spacial score (nSPS) is 14.5. The van der Waals surface area contributed by atoms with Gasteiger partial charge in [0.15, 0.2) is 12.2 Å². The summed E-state index contributed by atoms with van der Waals surface area (Å²) < 4.78 is 68.1. The van der Waals surface area contributed by atoms with E-state index in [2.05, 4.69) is 48.5 Å². The fourth-order valence-corrected chi connectivity index (χ4v) is 12.3. The van der Waals surface area contributed by atoms with E-state index in [-0.39, 0.29) is 25.7 Å². The number of esters is 4. The van der Waals surface area contributed by atoms with Crippen molar-refractivity contribution in [3.8, 4) is 0 Å². The van der Waals surface area contributed by atoms with Crippen molar-refractivity contribution < 1.29 is 80.2 Å². The van der Waals surface area contributed by atoms with Crippen LogP contribution in [-0.4, -0.2) is 96.7 Å². The number of rotatable bonds is 69. The third kappa shape index (κ3) is 63.5.